The molecular formula is C15H20BrF4NO2S. The second-order valence-electron chi connectivity index (χ2n) is 6.70. The third-order valence-corrected chi connectivity index (χ3v) is 5.62. The average molecular weight is 434 g/mol. The Morgan fingerprint density at radius 2 is 1.79 bits per heavy atom. The van der Waals surface area contributed by atoms with Crippen molar-refractivity contribution in [2.24, 2.45) is 0 Å². The maximum atomic E-state index is 14.2. The van der Waals surface area contributed by atoms with Gasteiger partial charge in [-0.3, -0.25) is 0 Å². The lowest BCUT2D eigenvalue weighted by atomic mass is 9.87. The number of aliphatic hydroxyl groups is 1. The van der Waals surface area contributed by atoms with Crippen molar-refractivity contribution in [3.8, 4) is 0 Å². The molecule has 1 aromatic carbocycles. The standard InChI is InChI=1S/C15H20BrF4NO2S/c1-13(2,3)24(23)21-14(4,8-12(22)15(18,19)20)10-7-9(16)5-6-11(10)17/h5-7,12,21-22H,8H2,1-4H3/t12-,14-,24+/m0/s1. The molecule has 3 nitrogen and oxygen atoms in total. The molecule has 24 heavy (non-hydrogen) atoms. The van der Waals surface area contributed by atoms with Gasteiger partial charge in [-0.05, 0) is 45.9 Å². The maximum absolute atomic E-state index is 14.2. The van der Waals surface area contributed by atoms with Crippen LogP contribution in [0.1, 0.15) is 39.7 Å². The minimum Gasteiger partial charge on any atom is -0.384 e. The van der Waals surface area contributed by atoms with Crippen LogP contribution in [0.3, 0.4) is 0 Å². The van der Waals surface area contributed by atoms with Gasteiger partial charge in [0.25, 0.3) is 0 Å². The van der Waals surface area contributed by atoms with Gasteiger partial charge < -0.3 is 5.11 Å². The Morgan fingerprint density at radius 1 is 1.25 bits per heavy atom. The van der Waals surface area contributed by atoms with E-state index in [2.05, 4.69) is 20.7 Å². The first-order chi connectivity index (χ1) is 10.7. The van der Waals surface area contributed by atoms with Crippen LogP contribution in [0.15, 0.2) is 22.7 Å². The molecule has 0 unspecified atom stereocenters. The number of hydrogen-bond donors (Lipinski definition) is 2. The summed E-state index contributed by atoms with van der Waals surface area (Å²) in [5.74, 6) is -0.756. The molecule has 0 amide bonds. The number of benzene rings is 1. The summed E-state index contributed by atoms with van der Waals surface area (Å²) in [6.45, 7) is 6.19. The van der Waals surface area contributed by atoms with Crippen LogP contribution in [0.2, 0.25) is 0 Å². The Kier molecular flexibility index (Phi) is 6.63. The van der Waals surface area contributed by atoms with Gasteiger partial charge in [0.15, 0.2) is 6.10 Å². The third-order valence-electron chi connectivity index (χ3n) is 3.38. The number of hydrogen-bond acceptors (Lipinski definition) is 2. The van der Waals surface area contributed by atoms with Crippen molar-refractivity contribution in [3.05, 3.63) is 34.1 Å². The van der Waals surface area contributed by atoms with Gasteiger partial charge in [-0.15, -0.1) is 0 Å². The highest BCUT2D eigenvalue weighted by molar-refractivity contribution is 9.10. The minimum absolute atomic E-state index is 0.113. The van der Waals surface area contributed by atoms with Crippen LogP contribution in [-0.2, 0) is 16.5 Å². The fraction of sp³-hybridized carbons (Fsp3) is 0.600. The van der Waals surface area contributed by atoms with E-state index in [-0.39, 0.29) is 5.56 Å². The zero-order valence-corrected chi connectivity index (χ0v) is 16.1. The molecule has 0 aliphatic rings. The van der Waals surface area contributed by atoms with Gasteiger partial charge in [0, 0.05) is 16.5 Å². The topological polar surface area (TPSA) is 49.3 Å². The smallest absolute Gasteiger partial charge is 0.384 e. The highest BCUT2D eigenvalue weighted by Crippen LogP contribution is 2.36. The second-order valence-corrected chi connectivity index (χ2v) is 9.58. The Morgan fingerprint density at radius 3 is 2.25 bits per heavy atom. The maximum Gasteiger partial charge on any atom is 0.414 e. The summed E-state index contributed by atoms with van der Waals surface area (Å²) >= 11 is 3.15. The van der Waals surface area contributed by atoms with Crippen molar-refractivity contribution >= 4 is 26.9 Å². The Bertz CT molecular complexity index is 618. The van der Waals surface area contributed by atoms with E-state index in [1.54, 1.807) is 20.8 Å². The lowest BCUT2D eigenvalue weighted by Gasteiger charge is -2.36. The number of nitrogens with one attached hydrogen (secondary N) is 1. The molecule has 3 atom stereocenters. The van der Waals surface area contributed by atoms with E-state index in [4.69, 9.17) is 0 Å². The lowest BCUT2D eigenvalue weighted by Crippen LogP contribution is -2.50. The highest BCUT2D eigenvalue weighted by Gasteiger charge is 2.45. The molecule has 1 rings (SSSR count). The zero-order chi connectivity index (χ0) is 18.9. The van der Waals surface area contributed by atoms with Gasteiger partial charge in [0.2, 0.25) is 0 Å². The molecule has 0 spiro atoms. The monoisotopic (exact) mass is 433 g/mol. The molecule has 9 heteroatoms. The van der Waals surface area contributed by atoms with Gasteiger partial charge >= 0.3 is 6.18 Å². The highest BCUT2D eigenvalue weighted by atomic mass is 79.9. The molecule has 0 fully saturated rings. The van der Waals surface area contributed by atoms with E-state index in [1.165, 1.54) is 19.1 Å². The summed E-state index contributed by atoms with van der Waals surface area (Å²) in [6.07, 6.45) is -8.44. The summed E-state index contributed by atoms with van der Waals surface area (Å²) in [6, 6.07) is 3.81. The van der Waals surface area contributed by atoms with E-state index in [0.717, 1.165) is 6.07 Å². The molecule has 0 heterocycles. The summed E-state index contributed by atoms with van der Waals surface area (Å²) in [5.41, 5.74) is -1.81. The van der Waals surface area contributed by atoms with E-state index >= 15 is 0 Å². The quantitative estimate of drug-likeness (QED) is 0.684. The fourth-order valence-electron chi connectivity index (χ4n) is 1.99. The molecule has 0 saturated carbocycles. The predicted molar refractivity (Wildman–Crippen MR) is 89.2 cm³/mol. The fourth-order valence-corrected chi connectivity index (χ4v) is 3.26. The van der Waals surface area contributed by atoms with Crippen molar-refractivity contribution in [2.75, 3.05) is 0 Å². The van der Waals surface area contributed by atoms with Crippen molar-refractivity contribution in [2.45, 2.75) is 56.7 Å². The van der Waals surface area contributed by atoms with Gasteiger partial charge in [-0.25, -0.2) is 13.3 Å². The van der Waals surface area contributed by atoms with Gasteiger partial charge in [-0.1, -0.05) is 15.9 Å². The van der Waals surface area contributed by atoms with E-state index in [9.17, 15) is 26.9 Å². The normalized spacial score (nSPS) is 18.1. The second kappa shape index (κ2) is 7.39. The van der Waals surface area contributed by atoms with Crippen molar-refractivity contribution in [1.29, 1.82) is 0 Å². The Balaban J connectivity index is 3.35. The molecule has 0 radical (unpaired) electrons. The molecule has 0 aliphatic heterocycles. The molecule has 2 N–H and O–H groups in total. The van der Waals surface area contributed by atoms with Crippen molar-refractivity contribution in [3.63, 3.8) is 0 Å². The molecule has 0 saturated heterocycles. The molecule has 0 aromatic heterocycles. The van der Waals surface area contributed by atoms with Gasteiger partial charge in [0.05, 0.1) is 21.3 Å². The van der Waals surface area contributed by atoms with Gasteiger partial charge in [-0.2, -0.15) is 13.2 Å². The van der Waals surface area contributed by atoms with Crippen LogP contribution in [0.25, 0.3) is 0 Å². The molecule has 138 valence electrons. The summed E-state index contributed by atoms with van der Waals surface area (Å²) in [5, 5.41) is 9.46. The van der Waals surface area contributed by atoms with Crippen molar-refractivity contribution < 1.29 is 26.9 Å². The van der Waals surface area contributed by atoms with Crippen molar-refractivity contribution in [1.82, 2.24) is 4.72 Å². The van der Waals surface area contributed by atoms with Crippen LogP contribution >= 0.6 is 15.9 Å². The molecular weight excluding hydrogens is 414 g/mol. The zero-order valence-electron chi connectivity index (χ0n) is 13.7. The third kappa shape index (κ3) is 5.50. The van der Waals surface area contributed by atoms with E-state index in [1.807, 2.05) is 0 Å². The lowest BCUT2D eigenvalue weighted by molar-refractivity contribution is -0.209. The van der Waals surface area contributed by atoms with Crippen LogP contribution in [0.5, 0.6) is 0 Å². The summed E-state index contributed by atoms with van der Waals surface area (Å²) in [7, 11) is -1.78. The largest absolute Gasteiger partial charge is 0.414 e. The number of aliphatic hydroxyl groups excluding tert-OH is 1. The number of halogens is 5. The summed E-state index contributed by atoms with van der Waals surface area (Å²) < 4.78 is 67.2. The molecule has 0 aliphatic carbocycles. The number of rotatable bonds is 5. The molecule has 0 bridgehead atoms. The van der Waals surface area contributed by atoms with Gasteiger partial charge in [0.1, 0.15) is 5.82 Å². The van der Waals surface area contributed by atoms with E-state index in [0.29, 0.717) is 4.47 Å². The first-order valence-corrected chi connectivity index (χ1v) is 9.01. The first-order valence-electron chi connectivity index (χ1n) is 7.07. The van der Waals surface area contributed by atoms with E-state index < -0.39 is 45.8 Å². The SMILES string of the molecule is CC(C)(C)[S@@](=O)N[C@@](C)(C[C@H](O)C(F)(F)F)c1cc(Br)ccc1F. The van der Waals surface area contributed by atoms with Crippen LogP contribution < -0.4 is 4.72 Å². The van der Waals surface area contributed by atoms with Crippen LogP contribution in [-0.4, -0.2) is 26.3 Å². The van der Waals surface area contributed by atoms with Crippen LogP contribution in [0, 0.1) is 5.82 Å². The average Bonchev–Trinajstić information content (AvgIpc) is 2.39. The summed E-state index contributed by atoms with van der Waals surface area (Å²) in [4.78, 5) is 0. The minimum atomic E-state index is -4.87. The predicted octanol–water partition coefficient (Wildman–Crippen LogP) is 4.17. The molecule has 1 aromatic rings. The Labute approximate surface area is 149 Å². The Hall–Kier alpha value is -0.510. The number of alkyl halides is 3. The van der Waals surface area contributed by atoms with Crippen LogP contribution in [0.4, 0.5) is 17.6 Å². The first kappa shape index (κ1) is 21.5.